The number of β-lactam (4-membered cyclic amide) rings is 1. The maximum atomic E-state index is 13.6. The van der Waals surface area contributed by atoms with Gasteiger partial charge in [-0.15, -0.1) is 11.8 Å². The Morgan fingerprint density at radius 3 is 2.57 bits per heavy atom. The summed E-state index contributed by atoms with van der Waals surface area (Å²) in [5.74, 6) is -1.24. The van der Waals surface area contributed by atoms with E-state index in [9.17, 15) is 19.5 Å². The molecule has 4 fully saturated rings. The van der Waals surface area contributed by atoms with Crippen molar-refractivity contribution in [2.24, 2.45) is 17.6 Å². The second kappa shape index (κ2) is 5.59. The van der Waals surface area contributed by atoms with Gasteiger partial charge in [-0.25, -0.2) is 4.79 Å². The fourth-order valence-corrected chi connectivity index (χ4v) is 7.46. The smallest absolute Gasteiger partial charge is 0.353 e. The predicted octanol–water partition coefficient (Wildman–Crippen LogP) is 0.651. The van der Waals surface area contributed by atoms with Crippen LogP contribution in [0.3, 0.4) is 0 Å². The number of rotatable bonds is 3. The molecule has 3 heterocycles. The lowest BCUT2D eigenvalue weighted by molar-refractivity contribution is -0.162. The molecule has 5 aliphatic rings. The predicted molar refractivity (Wildman–Crippen MR) is 109 cm³/mol. The van der Waals surface area contributed by atoms with E-state index in [0.29, 0.717) is 0 Å². The molecule has 5 unspecified atom stereocenters. The summed E-state index contributed by atoms with van der Waals surface area (Å²) in [6.07, 6.45) is 0. The van der Waals surface area contributed by atoms with Crippen LogP contribution in [0.25, 0.3) is 0 Å². The minimum atomic E-state index is -1.24. The van der Waals surface area contributed by atoms with Gasteiger partial charge in [0.1, 0.15) is 28.8 Å². The fraction of sp³-hybridized carbons (Fsp3) is 0.450. The maximum absolute atomic E-state index is 13.6. The number of carboxylic acids is 1. The standard InChI is InChI=1S/C20H19ClN4O4S/c1-8-14-19(8,22)20(14)23-11(9-5-3-2-4-6-9)15(26)25(20)13-16(27)24-12(18(28)29)10(21)7-30-17(13)24/h2-6,8,11,13-14,17,23H,7,22H2,1H3,(H,28,29)/t8?,11?,13-,14?,17+,19?,20?/m1/s1. The third-order valence-electron chi connectivity index (χ3n) is 7.42. The first-order valence-electron chi connectivity index (χ1n) is 9.78. The van der Waals surface area contributed by atoms with E-state index in [-0.39, 0.29) is 34.2 Å². The molecule has 2 saturated heterocycles. The van der Waals surface area contributed by atoms with Crippen LogP contribution in [0.15, 0.2) is 41.1 Å². The molecule has 10 heteroatoms. The van der Waals surface area contributed by atoms with Crippen molar-refractivity contribution in [1.29, 1.82) is 0 Å². The van der Waals surface area contributed by atoms with Crippen molar-refractivity contribution in [2.45, 2.75) is 35.6 Å². The molecule has 8 nitrogen and oxygen atoms in total. The Balaban J connectivity index is 1.39. The van der Waals surface area contributed by atoms with Crippen LogP contribution in [0.5, 0.6) is 0 Å². The Labute approximate surface area is 181 Å². The van der Waals surface area contributed by atoms with Gasteiger partial charge in [-0.2, -0.15) is 0 Å². The van der Waals surface area contributed by atoms with Crippen LogP contribution in [0, 0.1) is 11.8 Å². The molecule has 0 bridgehead atoms. The van der Waals surface area contributed by atoms with E-state index in [4.69, 9.17) is 17.3 Å². The SMILES string of the molecule is CC1C2C1(N)C21NC(c2ccccc2)C(=O)N1[C@@H]1C(=O)N2C(C(=O)O)=C(Cl)CS[C@@H]12. The van der Waals surface area contributed by atoms with E-state index in [2.05, 4.69) is 5.32 Å². The number of hydrogen-bond donors (Lipinski definition) is 3. The topological polar surface area (TPSA) is 116 Å². The number of halogens is 1. The summed E-state index contributed by atoms with van der Waals surface area (Å²) in [4.78, 5) is 41.2. The summed E-state index contributed by atoms with van der Waals surface area (Å²) in [5.41, 5.74) is 5.94. The van der Waals surface area contributed by atoms with Crippen molar-refractivity contribution in [1.82, 2.24) is 15.1 Å². The van der Waals surface area contributed by atoms with Gasteiger partial charge in [0.25, 0.3) is 5.91 Å². The van der Waals surface area contributed by atoms with E-state index in [1.54, 1.807) is 4.90 Å². The lowest BCUT2D eigenvalue weighted by Gasteiger charge is -2.54. The highest BCUT2D eigenvalue weighted by atomic mass is 35.5. The van der Waals surface area contributed by atoms with Gasteiger partial charge in [-0.1, -0.05) is 48.9 Å². The van der Waals surface area contributed by atoms with E-state index < -0.39 is 40.5 Å². The molecule has 3 aliphatic heterocycles. The summed E-state index contributed by atoms with van der Waals surface area (Å²) >= 11 is 7.46. The maximum Gasteiger partial charge on any atom is 0.353 e. The molecule has 0 radical (unpaired) electrons. The Kier molecular flexibility index (Phi) is 3.48. The molecular weight excluding hydrogens is 428 g/mol. The summed E-state index contributed by atoms with van der Waals surface area (Å²) in [6.45, 7) is 2.05. The highest BCUT2D eigenvalue weighted by Gasteiger charge is 2.98. The number of nitrogens with one attached hydrogen (secondary N) is 1. The third-order valence-corrected chi connectivity index (χ3v) is 9.16. The summed E-state index contributed by atoms with van der Waals surface area (Å²) in [6, 6.07) is 8.03. The number of carbonyl (C=O) groups excluding carboxylic acids is 2. The molecule has 1 aromatic carbocycles. The van der Waals surface area contributed by atoms with Crippen molar-refractivity contribution in [3.63, 3.8) is 0 Å². The zero-order valence-electron chi connectivity index (χ0n) is 15.9. The van der Waals surface area contributed by atoms with Gasteiger partial charge in [0.15, 0.2) is 0 Å². The molecule has 6 rings (SSSR count). The number of amides is 2. The largest absolute Gasteiger partial charge is 0.477 e. The fourth-order valence-electron chi connectivity index (χ4n) is 5.86. The Morgan fingerprint density at radius 2 is 1.97 bits per heavy atom. The molecule has 2 saturated carbocycles. The quantitative estimate of drug-likeness (QED) is 0.584. The average Bonchev–Trinajstić information content (AvgIpc) is 3.45. The number of aliphatic carboxylic acids is 1. The summed E-state index contributed by atoms with van der Waals surface area (Å²) < 4.78 is 0. The normalized spacial score (nSPS) is 43.5. The van der Waals surface area contributed by atoms with Gasteiger partial charge in [0.05, 0.1) is 10.6 Å². The van der Waals surface area contributed by atoms with E-state index >= 15 is 0 Å². The van der Waals surface area contributed by atoms with Gasteiger partial charge in [0.2, 0.25) is 5.91 Å². The molecule has 1 spiro atoms. The highest BCUT2D eigenvalue weighted by molar-refractivity contribution is 8.00. The number of fused-ring (bicyclic) bond motifs is 4. The van der Waals surface area contributed by atoms with Crippen LogP contribution >= 0.6 is 23.4 Å². The van der Waals surface area contributed by atoms with Crippen LogP contribution in [0.4, 0.5) is 0 Å². The molecule has 7 atom stereocenters. The van der Waals surface area contributed by atoms with E-state index in [0.717, 1.165) is 5.56 Å². The van der Waals surface area contributed by atoms with E-state index in [1.165, 1.54) is 16.7 Å². The van der Waals surface area contributed by atoms with Crippen LogP contribution < -0.4 is 11.1 Å². The van der Waals surface area contributed by atoms with Crippen LogP contribution in [0.1, 0.15) is 18.5 Å². The molecule has 0 aromatic heterocycles. The average molecular weight is 447 g/mol. The molecule has 1 aromatic rings. The Hall–Kier alpha value is -2.07. The summed E-state index contributed by atoms with van der Waals surface area (Å²) in [5, 5.41) is 12.6. The zero-order valence-corrected chi connectivity index (χ0v) is 17.5. The van der Waals surface area contributed by atoms with Gasteiger partial charge >= 0.3 is 5.97 Å². The van der Waals surface area contributed by atoms with E-state index in [1.807, 2.05) is 37.3 Å². The first-order valence-corrected chi connectivity index (χ1v) is 11.2. The van der Waals surface area contributed by atoms with Crippen LogP contribution in [-0.4, -0.2) is 61.1 Å². The Morgan fingerprint density at radius 1 is 1.30 bits per heavy atom. The number of nitrogens with two attached hydrogens (primary N) is 1. The number of carboxylic acid groups (broad SMARTS) is 1. The number of benzene rings is 1. The van der Waals surface area contributed by atoms with Gasteiger partial charge < -0.3 is 15.7 Å². The minimum Gasteiger partial charge on any atom is -0.477 e. The number of carbonyl (C=O) groups is 3. The number of nitrogens with zero attached hydrogens (tertiary/aromatic N) is 2. The second-order valence-electron chi connectivity index (χ2n) is 8.58. The summed E-state index contributed by atoms with van der Waals surface area (Å²) in [7, 11) is 0. The monoisotopic (exact) mass is 446 g/mol. The first-order chi connectivity index (χ1) is 14.3. The zero-order chi connectivity index (χ0) is 21.2. The van der Waals surface area contributed by atoms with Crippen molar-refractivity contribution in [3.8, 4) is 0 Å². The van der Waals surface area contributed by atoms with Crippen molar-refractivity contribution < 1.29 is 19.5 Å². The van der Waals surface area contributed by atoms with Gasteiger partial charge in [-0.05, 0) is 11.5 Å². The Bertz CT molecular complexity index is 1070. The van der Waals surface area contributed by atoms with Gasteiger partial charge in [-0.3, -0.25) is 19.8 Å². The molecule has 30 heavy (non-hydrogen) atoms. The second-order valence-corrected chi connectivity index (χ2v) is 10.1. The molecule has 156 valence electrons. The lowest BCUT2D eigenvalue weighted by atomic mass is 9.96. The molecule has 4 N–H and O–H groups in total. The number of thioether (sulfide) groups is 1. The van der Waals surface area contributed by atoms with Crippen molar-refractivity contribution >= 4 is 41.1 Å². The molecular formula is C20H19ClN4O4S. The van der Waals surface area contributed by atoms with Crippen LogP contribution in [0.2, 0.25) is 0 Å². The first kappa shape index (κ1) is 18.7. The number of hydrogen-bond acceptors (Lipinski definition) is 6. The lowest BCUT2D eigenvalue weighted by Crippen LogP contribution is -2.74. The van der Waals surface area contributed by atoms with Crippen molar-refractivity contribution in [2.75, 3.05) is 5.75 Å². The minimum absolute atomic E-state index is 0.0798. The molecule has 2 aliphatic carbocycles. The third kappa shape index (κ3) is 1.87. The van der Waals surface area contributed by atoms with Crippen molar-refractivity contribution in [3.05, 3.63) is 46.6 Å². The molecule has 2 amide bonds. The van der Waals surface area contributed by atoms with Gasteiger partial charge in [0, 0.05) is 11.7 Å². The van der Waals surface area contributed by atoms with Crippen LogP contribution in [-0.2, 0) is 14.4 Å². The highest BCUT2D eigenvalue weighted by Crippen LogP contribution is 2.80.